The molecule has 3 heterocycles. The number of hydrogen-bond donors (Lipinski definition) is 1. The summed E-state index contributed by atoms with van der Waals surface area (Å²) in [4.78, 5) is 12.7. The van der Waals surface area contributed by atoms with Crippen LogP contribution in [0.5, 0.6) is 0 Å². The summed E-state index contributed by atoms with van der Waals surface area (Å²) >= 11 is 3.35. The summed E-state index contributed by atoms with van der Waals surface area (Å²) in [6.07, 6.45) is 3.21. The summed E-state index contributed by atoms with van der Waals surface area (Å²) in [5.74, 6) is 2.28. The lowest BCUT2D eigenvalue weighted by atomic mass is 10.2. The van der Waals surface area contributed by atoms with Crippen LogP contribution in [0.4, 0.5) is 11.6 Å². The van der Waals surface area contributed by atoms with Gasteiger partial charge in [-0.05, 0) is 41.9 Å². The molecule has 0 aliphatic rings. The Hall–Kier alpha value is -1.95. The van der Waals surface area contributed by atoms with Gasteiger partial charge in [0.05, 0.1) is 5.39 Å². The van der Waals surface area contributed by atoms with Crippen LogP contribution in [-0.4, -0.2) is 15.0 Å². The van der Waals surface area contributed by atoms with Crippen LogP contribution >= 0.6 is 15.9 Å². The van der Waals surface area contributed by atoms with E-state index in [0.29, 0.717) is 11.5 Å². The van der Waals surface area contributed by atoms with Crippen molar-refractivity contribution < 1.29 is 4.42 Å². The zero-order valence-corrected chi connectivity index (χ0v) is 12.0. The third-order valence-electron chi connectivity index (χ3n) is 2.94. The van der Waals surface area contributed by atoms with Gasteiger partial charge in [-0.1, -0.05) is 0 Å². The number of aryl methyl sites for hydroxylation is 2. The van der Waals surface area contributed by atoms with E-state index < -0.39 is 0 Å². The standard InChI is InChI=1S/C13H11BrN4O/c1-7-8(2)19-13-11(7)12(16-6-17-13)18-10-4-3-9(14)5-15-10/h3-6H,1-2H3,(H,15,16,17,18). The maximum Gasteiger partial charge on any atom is 0.231 e. The van der Waals surface area contributed by atoms with Gasteiger partial charge in [0, 0.05) is 16.2 Å². The Kier molecular flexibility index (Phi) is 2.94. The summed E-state index contributed by atoms with van der Waals surface area (Å²) in [6.45, 7) is 3.91. The van der Waals surface area contributed by atoms with Crippen molar-refractivity contribution in [3.05, 3.63) is 40.5 Å². The van der Waals surface area contributed by atoms with Gasteiger partial charge in [0.2, 0.25) is 5.71 Å². The average Bonchev–Trinajstić information content (AvgIpc) is 2.69. The molecule has 1 N–H and O–H groups in total. The van der Waals surface area contributed by atoms with Crippen LogP contribution in [0.15, 0.2) is 33.5 Å². The van der Waals surface area contributed by atoms with E-state index in [1.165, 1.54) is 6.33 Å². The van der Waals surface area contributed by atoms with Crippen molar-refractivity contribution >= 4 is 38.7 Å². The second-order valence-corrected chi connectivity index (χ2v) is 5.09. The number of hydrogen-bond acceptors (Lipinski definition) is 5. The Morgan fingerprint density at radius 1 is 1.16 bits per heavy atom. The molecule has 3 aromatic heterocycles. The molecule has 0 aliphatic carbocycles. The van der Waals surface area contributed by atoms with E-state index >= 15 is 0 Å². The third kappa shape index (κ3) is 2.19. The zero-order valence-electron chi connectivity index (χ0n) is 10.4. The van der Waals surface area contributed by atoms with Gasteiger partial charge in [-0.25, -0.2) is 15.0 Å². The highest BCUT2D eigenvalue weighted by molar-refractivity contribution is 9.10. The number of nitrogens with zero attached hydrogens (tertiary/aromatic N) is 3. The molecule has 6 heteroatoms. The third-order valence-corrected chi connectivity index (χ3v) is 3.41. The minimum absolute atomic E-state index is 0.588. The molecular formula is C13H11BrN4O. The van der Waals surface area contributed by atoms with Gasteiger partial charge < -0.3 is 9.73 Å². The van der Waals surface area contributed by atoms with E-state index in [4.69, 9.17) is 4.42 Å². The summed E-state index contributed by atoms with van der Waals surface area (Å²) in [5, 5.41) is 4.08. The zero-order chi connectivity index (χ0) is 13.4. The van der Waals surface area contributed by atoms with Crippen LogP contribution in [0.25, 0.3) is 11.1 Å². The number of fused-ring (bicyclic) bond motifs is 1. The molecule has 0 spiro atoms. The van der Waals surface area contributed by atoms with Crippen molar-refractivity contribution in [1.29, 1.82) is 0 Å². The van der Waals surface area contributed by atoms with E-state index in [9.17, 15) is 0 Å². The first-order valence-corrected chi connectivity index (χ1v) is 6.54. The molecule has 3 aromatic rings. The molecule has 96 valence electrons. The summed E-state index contributed by atoms with van der Waals surface area (Å²) in [5.41, 5.74) is 1.62. The second kappa shape index (κ2) is 4.62. The minimum atomic E-state index is 0.588. The predicted molar refractivity (Wildman–Crippen MR) is 76.5 cm³/mol. The fraction of sp³-hybridized carbons (Fsp3) is 0.154. The predicted octanol–water partition coefficient (Wildman–Crippen LogP) is 3.74. The first-order valence-electron chi connectivity index (χ1n) is 5.74. The minimum Gasteiger partial charge on any atom is -0.443 e. The molecule has 0 amide bonds. The fourth-order valence-corrected chi connectivity index (χ4v) is 2.08. The van der Waals surface area contributed by atoms with Gasteiger partial charge in [0.1, 0.15) is 23.7 Å². The Bertz CT molecular complexity index is 736. The van der Waals surface area contributed by atoms with Crippen molar-refractivity contribution in [3.8, 4) is 0 Å². The summed E-state index contributed by atoms with van der Waals surface area (Å²) in [7, 11) is 0. The van der Waals surface area contributed by atoms with Crippen molar-refractivity contribution in [1.82, 2.24) is 15.0 Å². The van der Waals surface area contributed by atoms with E-state index in [-0.39, 0.29) is 0 Å². The SMILES string of the molecule is Cc1oc2ncnc(Nc3ccc(Br)cn3)c2c1C. The lowest BCUT2D eigenvalue weighted by Gasteiger charge is -2.05. The van der Waals surface area contributed by atoms with Gasteiger partial charge in [-0.2, -0.15) is 0 Å². The van der Waals surface area contributed by atoms with Crippen LogP contribution in [0, 0.1) is 13.8 Å². The van der Waals surface area contributed by atoms with Crippen LogP contribution in [0.3, 0.4) is 0 Å². The number of halogens is 1. The molecule has 19 heavy (non-hydrogen) atoms. The molecule has 0 aromatic carbocycles. The van der Waals surface area contributed by atoms with Crippen molar-refractivity contribution in [3.63, 3.8) is 0 Å². The van der Waals surface area contributed by atoms with Crippen molar-refractivity contribution in [2.45, 2.75) is 13.8 Å². The summed E-state index contributed by atoms with van der Waals surface area (Å²) in [6, 6.07) is 3.79. The number of nitrogens with one attached hydrogen (secondary N) is 1. The fourth-order valence-electron chi connectivity index (χ4n) is 1.85. The molecule has 0 fully saturated rings. The normalized spacial score (nSPS) is 10.9. The van der Waals surface area contributed by atoms with Gasteiger partial charge in [-0.15, -0.1) is 0 Å². The smallest absolute Gasteiger partial charge is 0.231 e. The Labute approximate surface area is 118 Å². The average molecular weight is 319 g/mol. The van der Waals surface area contributed by atoms with Gasteiger partial charge in [0.15, 0.2) is 0 Å². The molecule has 0 bridgehead atoms. The van der Waals surface area contributed by atoms with Crippen molar-refractivity contribution in [2.24, 2.45) is 0 Å². The highest BCUT2D eigenvalue weighted by Gasteiger charge is 2.13. The highest BCUT2D eigenvalue weighted by Crippen LogP contribution is 2.29. The summed E-state index contributed by atoms with van der Waals surface area (Å²) < 4.78 is 6.51. The molecule has 0 radical (unpaired) electrons. The topological polar surface area (TPSA) is 63.8 Å². The number of rotatable bonds is 2. The van der Waals surface area contributed by atoms with Crippen LogP contribution in [0.1, 0.15) is 11.3 Å². The lowest BCUT2D eigenvalue weighted by molar-refractivity contribution is 0.564. The van der Waals surface area contributed by atoms with E-state index in [2.05, 4.69) is 36.2 Å². The van der Waals surface area contributed by atoms with Crippen molar-refractivity contribution in [2.75, 3.05) is 5.32 Å². The molecule has 0 saturated heterocycles. The molecular weight excluding hydrogens is 308 g/mol. The number of anilines is 2. The van der Waals surface area contributed by atoms with E-state index in [1.807, 2.05) is 26.0 Å². The Balaban J connectivity index is 2.07. The van der Waals surface area contributed by atoms with Gasteiger partial charge in [0.25, 0.3) is 0 Å². The second-order valence-electron chi connectivity index (χ2n) is 4.17. The monoisotopic (exact) mass is 318 g/mol. The maximum absolute atomic E-state index is 5.58. The van der Waals surface area contributed by atoms with Crippen LogP contribution in [0.2, 0.25) is 0 Å². The van der Waals surface area contributed by atoms with Crippen LogP contribution < -0.4 is 5.32 Å². The lowest BCUT2D eigenvalue weighted by Crippen LogP contribution is -1.97. The molecule has 0 aliphatic heterocycles. The molecule has 0 saturated carbocycles. The van der Waals surface area contributed by atoms with Gasteiger partial charge in [-0.3, -0.25) is 0 Å². The first kappa shape index (κ1) is 12.1. The van der Waals surface area contributed by atoms with E-state index in [1.54, 1.807) is 6.20 Å². The Morgan fingerprint density at radius 2 is 2.00 bits per heavy atom. The molecule has 3 rings (SSSR count). The number of furan rings is 1. The highest BCUT2D eigenvalue weighted by atomic mass is 79.9. The maximum atomic E-state index is 5.58. The Morgan fingerprint density at radius 3 is 2.74 bits per heavy atom. The molecule has 0 atom stereocenters. The largest absolute Gasteiger partial charge is 0.443 e. The number of pyridine rings is 1. The molecule has 0 unspecified atom stereocenters. The van der Waals surface area contributed by atoms with Gasteiger partial charge >= 0.3 is 0 Å². The number of aromatic nitrogens is 3. The van der Waals surface area contributed by atoms with E-state index in [0.717, 1.165) is 27.0 Å². The van der Waals surface area contributed by atoms with Crippen LogP contribution in [-0.2, 0) is 0 Å². The molecule has 5 nitrogen and oxygen atoms in total. The first-order chi connectivity index (χ1) is 9.15. The quantitative estimate of drug-likeness (QED) is 0.779.